The number of carbonyl (C=O) groups excluding carboxylic acids is 1. The van der Waals surface area contributed by atoms with Crippen molar-refractivity contribution < 1.29 is 4.79 Å². The largest absolute Gasteiger partial charge is 0.331 e. The summed E-state index contributed by atoms with van der Waals surface area (Å²) in [7, 11) is 3.65. The lowest BCUT2D eigenvalue weighted by molar-refractivity contribution is 0.150. The summed E-state index contributed by atoms with van der Waals surface area (Å²) in [4.78, 5) is 18.1. The van der Waals surface area contributed by atoms with Gasteiger partial charge in [-0.15, -0.1) is 0 Å². The van der Waals surface area contributed by atoms with Crippen LogP contribution in [0.5, 0.6) is 0 Å². The Morgan fingerprint density at radius 3 is 2.29 bits per heavy atom. The second-order valence-electron chi connectivity index (χ2n) is 6.92. The SMILES string of the molecule is CC1CCN(CCNC2CCN(C(=O)N(C)C)CC2)CC1. The Bertz CT molecular complexity index is 318. The highest BCUT2D eigenvalue weighted by atomic mass is 16.2. The molecule has 2 rings (SSSR count). The molecule has 0 bridgehead atoms. The molecule has 0 spiro atoms. The van der Waals surface area contributed by atoms with Gasteiger partial charge < -0.3 is 20.0 Å². The Balaban J connectivity index is 1.58. The van der Waals surface area contributed by atoms with Crippen molar-refractivity contribution in [2.45, 2.75) is 38.6 Å². The highest BCUT2D eigenvalue weighted by Crippen LogP contribution is 2.15. The molecular formula is C16H32N4O. The van der Waals surface area contributed by atoms with Crippen LogP contribution in [0.3, 0.4) is 0 Å². The fourth-order valence-corrected chi connectivity index (χ4v) is 3.27. The average molecular weight is 296 g/mol. The van der Waals surface area contributed by atoms with Crippen molar-refractivity contribution in [3.05, 3.63) is 0 Å². The molecule has 0 aromatic rings. The van der Waals surface area contributed by atoms with Gasteiger partial charge in [0.1, 0.15) is 0 Å². The highest BCUT2D eigenvalue weighted by molar-refractivity contribution is 5.73. The number of nitrogens with zero attached hydrogens (tertiary/aromatic N) is 3. The maximum atomic E-state index is 11.9. The number of nitrogens with one attached hydrogen (secondary N) is 1. The normalized spacial score (nSPS) is 22.5. The van der Waals surface area contributed by atoms with Crippen LogP contribution in [0.1, 0.15) is 32.6 Å². The minimum Gasteiger partial charge on any atom is -0.331 e. The number of carbonyl (C=O) groups is 1. The van der Waals surface area contributed by atoms with Gasteiger partial charge in [0.15, 0.2) is 0 Å². The van der Waals surface area contributed by atoms with E-state index >= 15 is 0 Å². The lowest BCUT2D eigenvalue weighted by Gasteiger charge is -2.35. The van der Waals surface area contributed by atoms with Gasteiger partial charge in [-0.1, -0.05) is 6.92 Å². The fourth-order valence-electron chi connectivity index (χ4n) is 3.27. The van der Waals surface area contributed by atoms with Crippen molar-refractivity contribution in [2.24, 2.45) is 5.92 Å². The van der Waals surface area contributed by atoms with Crippen LogP contribution in [0.15, 0.2) is 0 Å². The highest BCUT2D eigenvalue weighted by Gasteiger charge is 2.23. The third-order valence-electron chi connectivity index (χ3n) is 4.89. The maximum Gasteiger partial charge on any atom is 0.319 e. The zero-order valence-corrected chi connectivity index (χ0v) is 14.0. The molecular weight excluding hydrogens is 264 g/mol. The molecule has 0 unspecified atom stereocenters. The topological polar surface area (TPSA) is 38.8 Å². The predicted molar refractivity (Wildman–Crippen MR) is 86.5 cm³/mol. The van der Waals surface area contributed by atoms with E-state index in [1.54, 1.807) is 4.90 Å². The molecule has 5 heteroatoms. The fraction of sp³-hybridized carbons (Fsp3) is 0.938. The monoisotopic (exact) mass is 296 g/mol. The second kappa shape index (κ2) is 7.99. The van der Waals surface area contributed by atoms with E-state index in [9.17, 15) is 4.79 Å². The minimum atomic E-state index is 0.149. The Hall–Kier alpha value is -0.810. The third-order valence-corrected chi connectivity index (χ3v) is 4.89. The third kappa shape index (κ3) is 5.15. The van der Waals surface area contributed by atoms with Gasteiger partial charge in [0.2, 0.25) is 0 Å². The molecule has 122 valence electrons. The molecule has 2 heterocycles. The molecule has 2 amide bonds. The van der Waals surface area contributed by atoms with Gasteiger partial charge in [0.25, 0.3) is 0 Å². The van der Waals surface area contributed by atoms with Crippen LogP contribution in [-0.2, 0) is 0 Å². The minimum absolute atomic E-state index is 0.149. The van der Waals surface area contributed by atoms with Crippen LogP contribution < -0.4 is 5.32 Å². The van der Waals surface area contributed by atoms with Crippen molar-refractivity contribution in [2.75, 3.05) is 53.4 Å². The molecule has 21 heavy (non-hydrogen) atoms. The molecule has 0 radical (unpaired) electrons. The molecule has 2 aliphatic heterocycles. The lowest BCUT2D eigenvalue weighted by Crippen LogP contribution is -2.49. The van der Waals surface area contributed by atoms with Gasteiger partial charge in [0, 0.05) is 46.3 Å². The molecule has 5 nitrogen and oxygen atoms in total. The number of hydrogen-bond donors (Lipinski definition) is 1. The number of hydrogen-bond acceptors (Lipinski definition) is 3. The Morgan fingerprint density at radius 1 is 1.10 bits per heavy atom. The van der Waals surface area contributed by atoms with Gasteiger partial charge in [-0.3, -0.25) is 0 Å². The van der Waals surface area contributed by atoms with Crippen molar-refractivity contribution in [1.29, 1.82) is 0 Å². The molecule has 0 aliphatic carbocycles. The summed E-state index contributed by atoms with van der Waals surface area (Å²) in [6.07, 6.45) is 4.86. The van der Waals surface area contributed by atoms with Gasteiger partial charge in [-0.2, -0.15) is 0 Å². The van der Waals surface area contributed by atoms with E-state index in [0.29, 0.717) is 6.04 Å². The van der Waals surface area contributed by atoms with Crippen molar-refractivity contribution in [3.63, 3.8) is 0 Å². The quantitative estimate of drug-likeness (QED) is 0.853. The first kappa shape index (κ1) is 16.6. The van der Waals surface area contributed by atoms with Gasteiger partial charge in [0.05, 0.1) is 0 Å². The average Bonchev–Trinajstić information content (AvgIpc) is 2.49. The van der Waals surface area contributed by atoms with E-state index in [1.807, 2.05) is 19.0 Å². The van der Waals surface area contributed by atoms with Crippen LogP contribution in [0.2, 0.25) is 0 Å². The smallest absolute Gasteiger partial charge is 0.319 e. The van der Waals surface area contributed by atoms with Crippen LogP contribution in [0, 0.1) is 5.92 Å². The van der Waals surface area contributed by atoms with E-state index in [0.717, 1.165) is 38.4 Å². The summed E-state index contributed by atoms with van der Waals surface area (Å²) in [6, 6.07) is 0.732. The van der Waals surface area contributed by atoms with E-state index in [4.69, 9.17) is 0 Å². The Morgan fingerprint density at radius 2 is 1.71 bits per heavy atom. The van der Waals surface area contributed by atoms with Gasteiger partial charge in [-0.05, 0) is 44.7 Å². The number of likely N-dealkylation sites (tertiary alicyclic amines) is 2. The first-order chi connectivity index (χ1) is 10.1. The van der Waals surface area contributed by atoms with Crippen molar-refractivity contribution in [3.8, 4) is 0 Å². The molecule has 0 atom stereocenters. The van der Waals surface area contributed by atoms with Crippen molar-refractivity contribution >= 4 is 6.03 Å². The lowest BCUT2D eigenvalue weighted by atomic mass is 9.99. The molecule has 2 fully saturated rings. The zero-order valence-electron chi connectivity index (χ0n) is 14.0. The molecule has 2 aliphatic rings. The van der Waals surface area contributed by atoms with E-state index in [-0.39, 0.29) is 6.03 Å². The van der Waals surface area contributed by atoms with Crippen LogP contribution >= 0.6 is 0 Å². The first-order valence-electron chi connectivity index (χ1n) is 8.48. The van der Waals surface area contributed by atoms with Crippen molar-refractivity contribution in [1.82, 2.24) is 20.0 Å². The summed E-state index contributed by atoms with van der Waals surface area (Å²) in [6.45, 7) is 8.91. The molecule has 2 saturated heterocycles. The summed E-state index contributed by atoms with van der Waals surface area (Å²) >= 11 is 0. The summed E-state index contributed by atoms with van der Waals surface area (Å²) in [5, 5.41) is 3.68. The van der Waals surface area contributed by atoms with E-state index < -0.39 is 0 Å². The van der Waals surface area contributed by atoms with E-state index in [1.165, 1.54) is 32.5 Å². The number of amides is 2. The number of urea groups is 1. The Kier molecular flexibility index (Phi) is 6.30. The van der Waals surface area contributed by atoms with Crippen LogP contribution in [0.4, 0.5) is 4.79 Å². The molecule has 1 N–H and O–H groups in total. The number of rotatable bonds is 4. The zero-order chi connectivity index (χ0) is 15.2. The van der Waals surface area contributed by atoms with E-state index in [2.05, 4.69) is 17.1 Å². The van der Waals surface area contributed by atoms with Gasteiger partial charge >= 0.3 is 6.03 Å². The first-order valence-corrected chi connectivity index (χ1v) is 8.48. The van der Waals surface area contributed by atoms with Gasteiger partial charge in [-0.25, -0.2) is 4.79 Å². The van der Waals surface area contributed by atoms with Crippen LogP contribution in [-0.4, -0.2) is 80.1 Å². The maximum absolute atomic E-state index is 11.9. The Labute approximate surface area is 129 Å². The summed E-state index contributed by atoms with van der Waals surface area (Å²) in [5.41, 5.74) is 0. The molecule has 0 aromatic carbocycles. The summed E-state index contributed by atoms with van der Waals surface area (Å²) in [5.74, 6) is 0.910. The predicted octanol–water partition coefficient (Wildman–Crippen LogP) is 1.45. The number of piperidine rings is 2. The van der Waals surface area contributed by atoms with Crippen LogP contribution in [0.25, 0.3) is 0 Å². The second-order valence-corrected chi connectivity index (χ2v) is 6.92. The summed E-state index contributed by atoms with van der Waals surface area (Å²) < 4.78 is 0. The standard InChI is InChI=1S/C16H32N4O/c1-14-4-9-19(10-5-14)13-8-17-15-6-11-20(12-7-15)16(21)18(2)3/h14-15,17H,4-13H2,1-3H3. The molecule has 0 aromatic heterocycles. The molecule has 0 saturated carbocycles.